The van der Waals surface area contributed by atoms with Crippen LogP contribution in [0.15, 0.2) is 53.0 Å². The number of nitrogens with zero attached hydrogens (tertiary/aromatic N) is 1. The van der Waals surface area contributed by atoms with Gasteiger partial charge in [-0.05, 0) is 30.3 Å². The Hall–Kier alpha value is -3.41. The molecule has 2 N–H and O–H groups in total. The fourth-order valence-electron chi connectivity index (χ4n) is 3.02. The molecule has 0 bridgehead atoms. The van der Waals surface area contributed by atoms with Gasteiger partial charge in [0.1, 0.15) is 12.4 Å². The second-order valence-electron chi connectivity index (χ2n) is 7.04. The predicted octanol–water partition coefficient (Wildman–Crippen LogP) is 3.71. The lowest BCUT2D eigenvalue weighted by Gasteiger charge is -2.10. The zero-order valence-electron chi connectivity index (χ0n) is 18.2. The highest BCUT2D eigenvalue weighted by Crippen LogP contribution is 2.36. The van der Waals surface area contributed by atoms with Gasteiger partial charge in [-0.15, -0.1) is 11.3 Å². The summed E-state index contributed by atoms with van der Waals surface area (Å²) in [5.41, 5.74) is 1.22. The lowest BCUT2D eigenvalue weighted by molar-refractivity contribution is -0.141. The van der Waals surface area contributed by atoms with Crippen LogP contribution >= 0.6 is 23.1 Å². The first kappa shape index (κ1) is 23.7. The van der Waals surface area contributed by atoms with Crippen LogP contribution < -0.4 is 15.4 Å². The van der Waals surface area contributed by atoms with Crippen molar-refractivity contribution < 1.29 is 28.6 Å². The van der Waals surface area contributed by atoms with Crippen molar-refractivity contribution in [3.05, 3.63) is 64.7 Å². The number of thioether (sulfide) groups is 1. The average Bonchev–Trinajstić information content (AvgIpc) is 3.24. The molecular formula is C23H21N3O6S2. The van der Waals surface area contributed by atoms with Crippen molar-refractivity contribution >= 4 is 46.6 Å². The minimum atomic E-state index is -0.338. The van der Waals surface area contributed by atoms with Crippen LogP contribution in [0.4, 0.5) is 5.69 Å². The van der Waals surface area contributed by atoms with Gasteiger partial charge in [0.2, 0.25) is 0 Å². The maximum absolute atomic E-state index is 12.7. The molecule has 2 heterocycles. The Morgan fingerprint density at radius 1 is 1.18 bits per heavy atom. The van der Waals surface area contributed by atoms with Crippen LogP contribution in [0.2, 0.25) is 0 Å². The molecule has 176 valence electrons. The largest absolute Gasteiger partial charge is 0.463 e. The van der Waals surface area contributed by atoms with Crippen LogP contribution in [0.25, 0.3) is 0 Å². The number of para-hydroxylation sites is 1. The number of amides is 2. The zero-order valence-corrected chi connectivity index (χ0v) is 19.8. The monoisotopic (exact) mass is 499 g/mol. The maximum atomic E-state index is 12.7. The number of carbonyl (C=O) groups excluding carboxylic acids is 3. The summed E-state index contributed by atoms with van der Waals surface area (Å²) < 4.78 is 16.4. The van der Waals surface area contributed by atoms with Crippen molar-refractivity contribution in [3.8, 4) is 11.5 Å². The van der Waals surface area contributed by atoms with Crippen LogP contribution in [0, 0.1) is 0 Å². The van der Waals surface area contributed by atoms with E-state index in [1.54, 1.807) is 48.7 Å². The molecule has 3 aromatic rings. The van der Waals surface area contributed by atoms with Crippen LogP contribution in [0.5, 0.6) is 11.5 Å². The molecule has 0 aliphatic carbocycles. The number of esters is 1. The van der Waals surface area contributed by atoms with Crippen molar-refractivity contribution in [1.82, 2.24) is 10.3 Å². The van der Waals surface area contributed by atoms with Gasteiger partial charge in [0, 0.05) is 23.7 Å². The number of fused-ring (bicyclic) bond motifs is 2. The molecule has 0 spiro atoms. The van der Waals surface area contributed by atoms with Gasteiger partial charge >= 0.3 is 5.97 Å². The first-order valence-corrected chi connectivity index (χ1v) is 12.1. The molecule has 1 aromatic heterocycles. The molecule has 1 aliphatic rings. The standard InChI is InChI=1S/C23H21N3O6S2/c1-30-8-9-31-20(27)13-33-23-25-12-15(34-23)11-24-21(28)14-6-7-19-17(10-14)26-22(29)16-4-2-3-5-18(16)32-19/h2-7,10,12H,8-9,11,13H2,1H3,(H,24,28)(H,26,29). The van der Waals surface area contributed by atoms with Crippen molar-refractivity contribution in [1.29, 1.82) is 0 Å². The van der Waals surface area contributed by atoms with Crippen LogP contribution in [0.1, 0.15) is 25.6 Å². The quantitative estimate of drug-likeness (QED) is 0.260. The van der Waals surface area contributed by atoms with E-state index in [4.69, 9.17) is 14.2 Å². The Morgan fingerprint density at radius 2 is 2.03 bits per heavy atom. The molecular weight excluding hydrogens is 478 g/mol. The van der Waals surface area contributed by atoms with Crippen molar-refractivity contribution in [2.75, 3.05) is 31.4 Å². The van der Waals surface area contributed by atoms with E-state index in [0.717, 1.165) is 4.88 Å². The smallest absolute Gasteiger partial charge is 0.316 e. The van der Waals surface area contributed by atoms with E-state index in [0.29, 0.717) is 39.3 Å². The number of ether oxygens (including phenoxy) is 3. The highest BCUT2D eigenvalue weighted by atomic mass is 32.2. The Balaban J connectivity index is 1.32. The van der Waals surface area contributed by atoms with Crippen LogP contribution in [-0.2, 0) is 20.8 Å². The van der Waals surface area contributed by atoms with Crippen molar-refractivity contribution in [2.24, 2.45) is 0 Å². The highest BCUT2D eigenvalue weighted by molar-refractivity contribution is 8.01. The van der Waals surface area contributed by atoms with Gasteiger partial charge in [0.25, 0.3) is 11.8 Å². The summed E-state index contributed by atoms with van der Waals surface area (Å²) in [6.07, 6.45) is 1.66. The van der Waals surface area contributed by atoms with Gasteiger partial charge in [-0.2, -0.15) is 0 Å². The molecule has 2 amide bonds. The second-order valence-corrected chi connectivity index (χ2v) is 9.38. The topological polar surface area (TPSA) is 116 Å². The summed E-state index contributed by atoms with van der Waals surface area (Å²) in [6.45, 7) is 0.853. The van der Waals surface area contributed by atoms with Gasteiger partial charge in [-0.3, -0.25) is 14.4 Å². The Morgan fingerprint density at radius 3 is 2.88 bits per heavy atom. The van der Waals surface area contributed by atoms with E-state index in [-0.39, 0.29) is 36.7 Å². The van der Waals surface area contributed by atoms with Crippen molar-refractivity contribution in [3.63, 3.8) is 0 Å². The lowest BCUT2D eigenvalue weighted by Crippen LogP contribution is -2.22. The molecule has 11 heteroatoms. The first-order chi connectivity index (χ1) is 16.5. The predicted molar refractivity (Wildman–Crippen MR) is 128 cm³/mol. The third-order valence-corrected chi connectivity index (χ3v) is 6.79. The summed E-state index contributed by atoms with van der Waals surface area (Å²) >= 11 is 2.66. The molecule has 0 saturated carbocycles. The summed E-state index contributed by atoms with van der Waals surface area (Å²) in [6, 6.07) is 11.8. The summed E-state index contributed by atoms with van der Waals surface area (Å²) in [5.74, 6) is 0.120. The number of hydrogen-bond acceptors (Lipinski definition) is 9. The third kappa shape index (κ3) is 5.93. The van der Waals surface area contributed by atoms with E-state index >= 15 is 0 Å². The van der Waals surface area contributed by atoms with Crippen LogP contribution in [-0.4, -0.2) is 48.8 Å². The summed E-state index contributed by atoms with van der Waals surface area (Å²) in [5, 5.41) is 5.63. The van der Waals surface area contributed by atoms with E-state index < -0.39 is 0 Å². The van der Waals surface area contributed by atoms with Crippen LogP contribution in [0.3, 0.4) is 0 Å². The van der Waals surface area contributed by atoms with E-state index in [1.165, 1.54) is 30.2 Å². The molecule has 2 aromatic carbocycles. The highest BCUT2D eigenvalue weighted by Gasteiger charge is 2.21. The van der Waals surface area contributed by atoms with Gasteiger partial charge in [0.15, 0.2) is 10.1 Å². The number of anilines is 1. The molecule has 9 nitrogen and oxygen atoms in total. The first-order valence-electron chi connectivity index (χ1n) is 10.3. The molecule has 34 heavy (non-hydrogen) atoms. The van der Waals surface area contributed by atoms with Gasteiger partial charge in [-0.25, -0.2) is 4.98 Å². The number of aromatic nitrogens is 1. The number of rotatable bonds is 9. The number of benzene rings is 2. The minimum absolute atomic E-state index is 0.149. The van der Waals surface area contributed by atoms with Crippen molar-refractivity contribution in [2.45, 2.75) is 10.9 Å². The SMILES string of the molecule is COCCOC(=O)CSc1ncc(CNC(=O)c2ccc3c(c2)NC(=O)c2ccccc2O3)s1. The molecule has 0 fully saturated rings. The maximum Gasteiger partial charge on any atom is 0.316 e. The summed E-state index contributed by atoms with van der Waals surface area (Å²) in [7, 11) is 1.54. The van der Waals surface area contributed by atoms with E-state index in [9.17, 15) is 14.4 Å². The number of hydrogen-bond donors (Lipinski definition) is 2. The fraction of sp³-hybridized carbons (Fsp3) is 0.217. The fourth-order valence-corrected chi connectivity index (χ4v) is 4.78. The van der Waals surface area contributed by atoms with Gasteiger partial charge in [-0.1, -0.05) is 23.9 Å². The van der Waals surface area contributed by atoms with Gasteiger partial charge in [0.05, 0.1) is 30.2 Å². The number of thiazole rings is 1. The molecule has 0 unspecified atom stereocenters. The Bertz CT molecular complexity index is 1210. The lowest BCUT2D eigenvalue weighted by atomic mass is 10.1. The minimum Gasteiger partial charge on any atom is -0.463 e. The molecule has 1 aliphatic heterocycles. The summed E-state index contributed by atoms with van der Waals surface area (Å²) in [4.78, 5) is 41.9. The Kier molecular flexibility index (Phi) is 7.78. The van der Waals surface area contributed by atoms with E-state index in [1.807, 2.05) is 0 Å². The normalized spacial score (nSPS) is 12.0. The number of methoxy groups -OCH3 is 1. The zero-order chi connectivity index (χ0) is 23.9. The second kappa shape index (κ2) is 11.1. The average molecular weight is 500 g/mol. The molecule has 0 radical (unpaired) electrons. The number of carbonyl (C=O) groups is 3. The molecule has 0 atom stereocenters. The molecule has 4 rings (SSSR count). The number of nitrogens with one attached hydrogen (secondary N) is 2. The Labute approximate surface area is 203 Å². The van der Waals surface area contributed by atoms with E-state index in [2.05, 4.69) is 15.6 Å². The molecule has 0 saturated heterocycles. The third-order valence-electron chi connectivity index (χ3n) is 4.66. The van der Waals surface area contributed by atoms with Gasteiger partial charge < -0.3 is 24.8 Å².